The Kier molecular flexibility index (Phi) is 5.53. The van der Waals surface area contributed by atoms with E-state index in [2.05, 4.69) is 11.9 Å². The maximum absolute atomic E-state index is 12.9. The van der Waals surface area contributed by atoms with Gasteiger partial charge in [0.1, 0.15) is 0 Å². The fourth-order valence-corrected chi connectivity index (χ4v) is 4.62. The summed E-state index contributed by atoms with van der Waals surface area (Å²) in [4.78, 5) is 32.9. The Morgan fingerprint density at radius 1 is 1.17 bits per heavy atom. The molecule has 4 rings (SSSR count). The average molecular weight is 407 g/mol. The van der Waals surface area contributed by atoms with Gasteiger partial charge in [-0.15, -0.1) is 11.8 Å². The lowest BCUT2D eigenvalue weighted by molar-refractivity contribution is -0.121. The van der Waals surface area contributed by atoms with Gasteiger partial charge in [-0.05, 0) is 37.6 Å². The van der Waals surface area contributed by atoms with E-state index in [0.717, 1.165) is 33.6 Å². The Hall–Kier alpha value is -2.86. The summed E-state index contributed by atoms with van der Waals surface area (Å²) in [5, 5.41) is 1.14. The van der Waals surface area contributed by atoms with Gasteiger partial charge < -0.3 is 9.64 Å². The number of benzene rings is 2. The molecule has 0 bridgehead atoms. The topological polar surface area (TPSA) is 59.5 Å². The van der Waals surface area contributed by atoms with Crippen LogP contribution in [0.1, 0.15) is 29.4 Å². The molecule has 148 valence electrons. The first kappa shape index (κ1) is 19.5. The zero-order chi connectivity index (χ0) is 20.4. The van der Waals surface area contributed by atoms with Gasteiger partial charge in [0.05, 0.1) is 16.8 Å². The monoisotopic (exact) mass is 406 g/mol. The fourth-order valence-electron chi connectivity index (χ4n) is 3.51. The van der Waals surface area contributed by atoms with Crippen LogP contribution in [0.4, 0.5) is 5.69 Å². The lowest BCUT2D eigenvalue weighted by Gasteiger charge is -2.22. The van der Waals surface area contributed by atoms with Crippen LogP contribution in [0.25, 0.3) is 10.9 Å². The van der Waals surface area contributed by atoms with Crippen molar-refractivity contribution in [2.75, 3.05) is 18.1 Å². The molecule has 2 heterocycles. The number of carbonyl (C=O) groups excluding carboxylic acids is 2. The summed E-state index contributed by atoms with van der Waals surface area (Å²) in [6, 6.07) is 17.0. The number of fused-ring (bicyclic) bond motifs is 2. The van der Waals surface area contributed by atoms with Gasteiger partial charge in [-0.3, -0.25) is 9.78 Å². The Morgan fingerprint density at radius 3 is 2.79 bits per heavy atom. The summed E-state index contributed by atoms with van der Waals surface area (Å²) in [6.45, 7) is 4.31. The van der Waals surface area contributed by atoms with E-state index in [0.29, 0.717) is 17.4 Å². The number of aryl methyl sites for hydroxylation is 1. The zero-order valence-corrected chi connectivity index (χ0v) is 17.2. The molecule has 0 aliphatic carbocycles. The van der Waals surface area contributed by atoms with E-state index in [-0.39, 0.29) is 12.5 Å². The van der Waals surface area contributed by atoms with E-state index in [9.17, 15) is 9.59 Å². The molecule has 0 saturated carbocycles. The van der Waals surface area contributed by atoms with Gasteiger partial charge in [-0.2, -0.15) is 0 Å². The molecule has 0 unspecified atom stereocenters. The first-order chi connectivity index (χ1) is 14.0. The molecule has 1 aliphatic heterocycles. The van der Waals surface area contributed by atoms with Crippen LogP contribution in [0.15, 0.2) is 59.5 Å². The van der Waals surface area contributed by atoms with E-state index in [4.69, 9.17) is 4.74 Å². The van der Waals surface area contributed by atoms with Crippen molar-refractivity contribution in [3.63, 3.8) is 0 Å². The smallest absolute Gasteiger partial charge is 0.339 e. The molecule has 2 aromatic carbocycles. The number of aromatic nitrogens is 1. The summed E-state index contributed by atoms with van der Waals surface area (Å²) < 4.78 is 5.42. The molecular weight excluding hydrogens is 384 g/mol. The molecule has 0 fully saturated rings. The fraction of sp³-hybridized carbons (Fsp3) is 0.261. The van der Waals surface area contributed by atoms with E-state index < -0.39 is 5.97 Å². The number of nitrogens with zero attached hydrogens (tertiary/aromatic N) is 2. The summed E-state index contributed by atoms with van der Waals surface area (Å²) in [6.07, 6.45) is 0.882. The molecular formula is C23H22N2O3S. The van der Waals surface area contributed by atoms with Crippen molar-refractivity contribution in [3.05, 3.63) is 65.9 Å². The Labute approximate surface area is 174 Å². The third kappa shape index (κ3) is 4.12. The lowest BCUT2D eigenvalue weighted by Crippen LogP contribution is -2.35. The Morgan fingerprint density at radius 2 is 1.93 bits per heavy atom. The molecule has 1 atom stereocenters. The number of rotatable bonds is 3. The van der Waals surface area contributed by atoms with Gasteiger partial charge >= 0.3 is 5.97 Å². The van der Waals surface area contributed by atoms with Crippen molar-refractivity contribution >= 4 is 40.2 Å². The van der Waals surface area contributed by atoms with E-state index in [1.807, 2.05) is 55.5 Å². The minimum Gasteiger partial charge on any atom is -0.452 e. The number of ether oxygens (including phenoxy) is 1. The normalized spacial score (nSPS) is 16.2. The number of hydrogen-bond donors (Lipinski definition) is 0. The van der Waals surface area contributed by atoms with Crippen LogP contribution in [0.2, 0.25) is 0 Å². The molecule has 1 aliphatic rings. The highest BCUT2D eigenvalue weighted by Crippen LogP contribution is 2.37. The first-order valence-corrected chi connectivity index (χ1v) is 10.5. The number of carbonyl (C=O) groups is 2. The highest BCUT2D eigenvalue weighted by Gasteiger charge is 2.25. The lowest BCUT2D eigenvalue weighted by atomic mass is 10.1. The number of amides is 1. The summed E-state index contributed by atoms with van der Waals surface area (Å²) in [5.41, 5.74) is 2.78. The number of thioether (sulfide) groups is 1. The number of para-hydroxylation sites is 2. The predicted octanol–water partition coefficient (Wildman–Crippen LogP) is 4.62. The molecule has 29 heavy (non-hydrogen) atoms. The van der Waals surface area contributed by atoms with E-state index in [1.54, 1.807) is 22.7 Å². The van der Waals surface area contributed by atoms with Crippen LogP contribution in [0.3, 0.4) is 0 Å². The SMILES string of the molecule is Cc1cc(C(=O)OCC(=O)N2CC[C@H](C)Sc3ccccc32)c2ccccc2n1. The van der Waals surface area contributed by atoms with Crippen molar-refractivity contribution in [2.45, 2.75) is 30.4 Å². The number of esters is 1. The second-order valence-electron chi connectivity index (χ2n) is 7.13. The van der Waals surface area contributed by atoms with Gasteiger partial charge in [-0.1, -0.05) is 37.3 Å². The van der Waals surface area contributed by atoms with Crippen molar-refractivity contribution in [2.24, 2.45) is 0 Å². The molecule has 5 nitrogen and oxygen atoms in total. The van der Waals surface area contributed by atoms with Gasteiger partial charge in [0.15, 0.2) is 6.61 Å². The van der Waals surface area contributed by atoms with Crippen LogP contribution in [-0.4, -0.2) is 35.3 Å². The van der Waals surface area contributed by atoms with Crippen molar-refractivity contribution < 1.29 is 14.3 Å². The molecule has 1 amide bonds. The molecule has 0 radical (unpaired) electrons. The minimum absolute atomic E-state index is 0.212. The van der Waals surface area contributed by atoms with E-state index >= 15 is 0 Å². The molecule has 0 spiro atoms. The van der Waals surface area contributed by atoms with E-state index in [1.165, 1.54) is 0 Å². The summed E-state index contributed by atoms with van der Waals surface area (Å²) in [7, 11) is 0. The van der Waals surface area contributed by atoms with Crippen molar-refractivity contribution in [3.8, 4) is 0 Å². The third-order valence-electron chi connectivity index (χ3n) is 4.94. The van der Waals surface area contributed by atoms with Crippen LogP contribution in [0, 0.1) is 6.92 Å². The Bertz CT molecular complexity index is 1080. The van der Waals surface area contributed by atoms with Gasteiger partial charge in [0, 0.05) is 27.8 Å². The second-order valence-corrected chi connectivity index (χ2v) is 8.61. The highest BCUT2D eigenvalue weighted by atomic mass is 32.2. The summed E-state index contributed by atoms with van der Waals surface area (Å²) >= 11 is 1.77. The van der Waals surface area contributed by atoms with Crippen LogP contribution in [-0.2, 0) is 9.53 Å². The van der Waals surface area contributed by atoms with Crippen molar-refractivity contribution in [1.29, 1.82) is 0 Å². The van der Waals surface area contributed by atoms with Crippen LogP contribution >= 0.6 is 11.8 Å². The van der Waals surface area contributed by atoms with Crippen LogP contribution in [0.5, 0.6) is 0 Å². The average Bonchev–Trinajstić information content (AvgIpc) is 2.89. The number of anilines is 1. The third-order valence-corrected chi connectivity index (χ3v) is 6.17. The molecule has 0 N–H and O–H groups in total. The van der Waals surface area contributed by atoms with Gasteiger partial charge in [-0.25, -0.2) is 4.79 Å². The molecule has 0 saturated heterocycles. The Balaban J connectivity index is 1.53. The number of hydrogen-bond acceptors (Lipinski definition) is 5. The molecule has 1 aromatic heterocycles. The number of pyridine rings is 1. The quantitative estimate of drug-likeness (QED) is 0.594. The van der Waals surface area contributed by atoms with Crippen molar-refractivity contribution in [1.82, 2.24) is 4.98 Å². The predicted molar refractivity (Wildman–Crippen MR) is 115 cm³/mol. The van der Waals surface area contributed by atoms with Gasteiger partial charge in [0.2, 0.25) is 0 Å². The zero-order valence-electron chi connectivity index (χ0n) is 16.4. The summed E-state index contributed by atoms with van der Waals surface area (Å²) in [5.74, 6) is -0.721. The van der Waals surface area contributed by atoms with Crippen LogP contribution < -0.4 is 4.90 Å². The minimum atomic E-state index is -0.508. The largest absolute Gasteiger partial charge is 0.452 e. The molecule has 6 heteroatoms. The first-order valence-electron chi connectivity index (χ1n) is 9.62. The van der Waals surface area contributed by atoms with Gasteiger partial charge in [0.25, 0.3) is 5.91 Å². The second kappa shape index (κ2) is 8.25. The maximum atomic E-state index is 12.9. The standard InChI is InChI=1S/C23H22N2O3S/c1-15-13-18(17-7-3-4-8-19(17)24-15)23(27)28-14-22(26)25-12-11-16(2)29-21-10-6-5-9-20(21)25/h3-10,13,16H,11-12,14H2,1-2H3/t16-/m0/s1. The maximum Gasteiger partial charge on any atom is 0.339 e. The highest BCUT2D eigenvalue weighted by molar-refractivity contribution is 8.00. The molecule has 3 aromatic rings.